The Morgan fingerprint density at radius 2 is 1.38 bits per heavy atom. The van der Waals surface area contributed by atoms with Crippen LogP contribution in [0, 0.1) is 0 Å². The molecular weight excluding hydrogens is 677 g/mol. The third-order valence-electron chi connectivity index (χ3n) is 10.7. The Hall–Kier alpha value is -7.18. The van der Waals surface area contributed by atoms with E-state index in [-0.39, 0.29) is 5.41 Å². The van der Waals surface area contributed by atoms with E-state index >= 15 is 0 Å². The predicted octanol–water partition coefficient (Wildman–Crippen LogP) is 12.5. The second-order valence-electron chi connectivity index (χ2n) is 14.3. The maximum atomic E-state index is 6.71. The molecule has 1 aliphatic rings. The van der Waals surface area contributed by atoms with Crippen LogP contribution in [0.5, 0.6) is 0 Å². The summed E-state index contributed by atoms with van der Waals surface area (Å²) in [6.07, 6.45) is 9.40. The van der Waals surface area contributed by atoms with Crippen molar-refractivity contribution in [3.63, 3.8) is 0 Å². The second-order valence-corrected chi connectivity index (χ2v) is 14.3. The predicted molar refractivity (Wildman–Crippen MR) is 222 cm³/mol. The first-order chi connectivity index (χ1) is 27.0. The highest BCUT2D eigenvalue weighted by Gasteiger charge is 2.38. The van der Waals surface area contributed by atoms with Gasteiger partial charge in [0.15, 0.2) is 29.4 Å². The molecule has 1 aliphatic carbocycles. The van der Waals surface area contributed by atoms with Crippen LogP contribution in [0.4, 0.5) is 0 Å². The Labute approximate surface area is 317 Å². The summed E-state index contributed by atoms with van der Waals surface area (Å²) in [6, 6.07) is 43.5. The summed E-state index contributed by atoms with van der Waals surface area (Å²) in [5, 5.41) is 2.09. The number of furan rings is 1. The average Bonchev–Trinajstić information content (AvgIpc) is 3.93. The Bertz CT molecular complexity index is 2970. The third-order valence-corrected chi connectivity index (χ3v) is 10.7. The van der Waals surface area contributed by atoms with Gasteiger partial charge >= 0.3 is 0 Å². The topological polar surface area (TPSA) is 77.8 Å². The van der Waals surface area contributed by atoms with Crippen LogP contribution in [0.25, 0.3) is 89.7 Å². The Kier molecular flexibility index (Phi) is 7.52. The van der Waals surface area contributed by atoms with E-state index in [9.17, 15) is 0 Å². The van der Waals surface area contributed by atoms with Crippen LogP contribution < -0.4 is 0 Å². The minimum atomic E-state index is -0.221. The van der Waals surface area contributed by atoms with Crippen molar-refractivity contribution in [3.8, 4) is 45.0 Å². The smallest absolute Gasteiger partial charge is 0.182 e. The molecule has 6 heteroatoms. The van der Waals surface area contributed by atoms with Gasteiger partial charge in [-0.05, 0) is 52.1 Å². The van der Waals surface area contributed by atoms with Crippen molar-refractivity contribution in [2.45, 2.75) is 19.3 Å². The number of oxazole rings is 1. The SMILES string of the molecule is C=C/C=C(\C=C\c1ccc(-c2ccc3c(c2)C(C)(C)c2ccc4ncoc4c2-3)c2oc3ccccc3c12)c1nc(-c2ccccc2)nc(-c2ccccc2)n1. The maximum absolute atomic E-state index is 6.71. The van der Waals surface area contributed by atoms with Crippen LogP contribution in [0.2, 0.25) is 0 Å². The lowest BCUT2D eigenvalue weighted by molar-refractivity contribution is 0.601. The molecule has 6 aromatic carbocycles. The molecule has 0 saturated heterocycles. The fraction of sp³-hybridized carbons (Fsp3) is 0.0612. The van der Waals surface area contributed by atoms with Crippen molar-refractivity contribution in [1.29, 1.82) is 0 Å². The van der Waals surface area contributed by atoms with Gasteiger partial charge in [-0.3, -0.25) is 0 Å². The molecule has 6 nitrogen and oxygen atoms in total. The first-order valence-corrected chi connectivity index (χ1v) is 18.3. The van der Waals surface area contributed by atoms with Crippen molar-refractivity contribution in [1.82, 2.24) is 19.9 Å². The molecule has 262 valence electrons. The lowest BCUT2D eigenvalue weighted by Gasteiger charge is -2.22. The lowest BCUT2D eigenvalue weighted by atomic mass is 9.81. The molecule has 9 aromatic rings. The average molecular weight is 711 g/mol. The van der Waals surface area contributed by atoms with Gasteiger partial charge in [-0.1, -0.05) is 148 Å². The van der Waals surface area contributed by atoms with Gasteiger partial charge in [0.2, 0.25) is 0 Å². The Morgan fingerprint density at radius 3 is 2.13 bits per heavy atom. The van der Waals surface area contributed by atoms with Gasteiger partial charge in [0.1, 0.15) is 16.7 Å². The van der Waals surface area contributed by atoms with Crippen molar-refractivity contribution < 1.29 is 8.83 Å². The number of nitrogens with zero attached hydrogens (tertiary/aromatic N) is 4. The molecule has 0 spiro atoms. The minimum Gasteiger partial charge on any atom is -0.455 e. The van der Waals surface area contributed by atoms with E-state index in [1.807, 2.05) is 78.9 Å². The van der Waals surface area contributed by atoms with E-state index in [0.29, 0.717) is 17.5 Å². The van der Waals surface area contributed by atoms with Crippen LogP contribution in [-0.2, 0) is 5.41 Å². The summed E-state index contributed by atoms with van der Waals surface area (Å²) < 4.78 is 12.6. The number of rotatable bonds is 7. The lowest BCUT2D eigenvalue weighted by Crippen LogP contribution is -2.15. The van der Waals surface area contributed by atoms with Crippen LogP contribution in [-0.4, -0.2) is 19.9 Å². The van der Waals surface area contributed by atoms with Crippen LogP contribution in [0.15, 0.2) is 167 Å². The monoisotopic (exact) mass is 710 g/mol. The molecule has 3 heterocycles. The third kappa shape index (κ3) is 5.33. The Morgan fingerprint density at radius 1 is 0.673 bits per heavy atom. The molecule has 0 unspecified atom stereocenters. The Balaban J connectivity index is 1.10. The largest absolute Gasteiger partial charge is 0.455 e. The molecule has 0 atom stereocenters. The molecule has 0 bridgehead atoms. The molecular formula is C49H34N4O2. The van der Waals surface area contributed by atoms with Crippen molar-refractivity contribution in [2.75, 3.05) is 0 Å². The van der Waals surface area contributed by atoms with Crippen molar-refractivity contribution in [3.05, 3.63) is 181 Å². The highest BCUT2D eigenvalue weighted by Crippen LogP contribution is 2.52. The van der Waals surface area contributed by atoms with E-state index in [1.165, 1.54) is 23.1 Å². The highest BCUT2D eigenvalue weighted by atomic mass is 16.3. The molecule has 55 heavy (non-hydrogen) atoms. The van der Waals surface area contributed by atoms with Crippen LogP contribution in [0.1, 0.15) is 36.4 Å². The molecule has 0 fully saturated rings. The van der Waals surface area contributed by atoms with Crippen molar-refractivity contribution in [2.24, 2.45) is 0 Å². The molecule has 10 rings (SSSR count). The zero-order chi connectivity index (χ0) is 37.1. The fourth-order valence-corrected chi connectivity index (χ4v) is 7.98. The first-order valence-electron chi connectivity index (χ1n) is 18.3. The number of para-hydroxylation sites is 1. The molecule has 0 aliphatic heterocycles. The number of benzene rings is 6. The fourth-order valence-electron chi connectivity index (χ4n) is 7.98. The van der Waals surface area contributed by atoms with E-state index < -0.39 is 0 Å². The number of aromatic nitrogens is 4. The summed E-state index contributed by atoms with van der Waals surface area (Å²) in [5.74, 6) is 1.76. The standard InChI is InChI=1S/C49H34N4O2/c1-4-13-31(46-51-47(32-14-7-5-8-15-32)53-48(52-46)33-16-9-6-10-17-33)21-20-30-22-24-35(44-42(30)37-18-11-12-19-41(37)55-44)34-23-25-36-39(28-34)49(2,3)38-26-27-40-45(43(36)38)54-29-50-40/h4-29H,1H2,2-3H3/b21-20+,31-13+. The van der Waals surface area contributed by atoms with E-state index in [2.05, 4.69) is 92.2 Å². The van der Waals surface area contributed by atoms with Crippen LogP contribution >= 0.6 is 0 Å². The maximum Gasteiger partial charge on any atom is 0.182 e. The zero-order valence-electron chi connectivity index (χ0n) is 30.3. The molecule has 0 N–H and O–H groups in total. The zero-order valence-corrected chi connectivity index (χ0v) is 30.3. The van der Waals surface area contributed by atoms with E-state index in [1.54, 1.807) is 6.08 Å². The molecule has 0 saturated carbocycles. The number of hydrogen-bond donors (Lipinski definition) is 0. The summed E-state index contributed by atoms with van der Waals surface area (Å²) in [6.45, 7) is 8.58. The van der Waals surface area contributed by atoms with Crippen LogP contribution in [0.3, 0.4) is 0 Å². The summed E-state index contributed by atoms with van der Waals surface area (Å²) in [7, 11) is 0. The van der Waals surface area contributed by atoms with Gasteiger partial charge in [-0.15, -0.1) is 0 Å². The van der Waals surface area contributed by atoms with Gasteiger partial charge < -0.3 is 8.83 Å². The number of fused-ring (bicyclic) bond motifs is 8. The first kappa shape index (κ1) is 32.5. The highest BCUT2D eigenvalue weighted by molar-refractivity contribution is 6.13. The number of hydrogen-bond acceptors (Lipinski definition) is 6. The number of allylic oxidation sites excluding steroid dienone is 4. The van der Waals surface area contributed by atoms with Gasteiger partial charge in [0.25, 0.3) is 0 Å². The van der Waals surface area contributed by atoms with Gasteiger partial charge in [-0.2, -0.15) is 0 Å². The van der Waals surface area contributed by atoms with Gasteiger partial charge in [-0.25, -0.2) is 19.9 Å². The molecule has 0 radical (unpaired) electrons. The minimum absolute atomic E-state index is 0.221. The van der Waals surface area contributed by atoms with Crippen molar-refractivity contribution >= 4 is 44.7 Å². The van der Waals surface area contributed by atoms with Gasteiger partial charge in [0, 0.05) is 44.0 Å². The normalized spacial score (nSPS) is 13.5. The second kappa shape index (κ2) is 12.7. The van der Waals surface area contributed by atoms with E-state index in [0.717, 1.165) is 72.0 Å². The quantitative estimate of drug-likeness (QED) is 0.153. The molecule has 0 amide bonds. The van der Waals surface area contributed by atoms with Gasteiger partial charge in [0.05, 0.1) is 0 Å². The molecule has 3 aromatic heterocycles. The summed E-state index contributed by atoms with van der Waals surface area (Å²) in [4.78, 5) is 19.2. The summed E-state index contributed by atoms with van der Waals surface area (Å²) >= 11 is 0. The van der Waals surface area contributed by atoms with E-state index in [4.69, 9.17) is 23.8 Å². The summed E-state index contributed by atoms with van der Waals surface area (Å²) in [5.41, 5.74) is 13.7.